The molecule has 0 spiro atoms. The second kappa shape index (κ2) is 7.85. The first-order valence-electron chi connectivity index (χ1n) is 12.8. The average molecular weight is 399 g/mol. The third-order valence-corrected chi connectivity index (χ3v) is 10.2. The van der Waals surface area contributed by atoms with Crippen LogP contribution < -0.4 is 0 Å². The van der Waals surface area contributed by atoms with Gasteiger partial charge in [0.15, 0.2) is 0 Å². The summed E-state index contributed by atoms with van der Waals surface area (Å²) in [6.07, 6.45) is 16.8. The quantitative estimate of drug-likeness (QED) is 0.506. The summed E-state index contributed by atoms with van der Waals surface area (Å²) in [5, 5.41) is 10.5. The second-order valence-corrected chi connectivity index (χ2v) is 12.2. The van der Waals surface area contributed by atoms with Crippen LogP contribution in [0.5, 0.6) is 0 Å². The van der Waals surface area contributed by atoms with E-state index < -0.39 is 0 Å². The maximum Gasteiger partial charge on any atom is 0.0603 e. The van der Waals surface area contributed by atoms with Crippen LogP contribution in [-0.4, -0.2) is 11.2 Å². The molecule has 1 N–H and O–H groups in total. The topological polar surface area (TPSA) is 20.2 Å². The maximum absolute atomic E-state index is 10.5. The molecule has 0 aliphatic heterocycles. The second-order valence-electron chi connectivity index (χ2n) is 12.2. The third kappa shape index (κ3) is 3.48. The Labute approximate surface area is 180 Å². The fourth-order valence-corrected chi connectivity index (χ4v) is 8.41. The predicted molar refractivity (Wildman–Crippen MR) is 124 cm³/mol. The molecule has 8 atom stereocenters. The Hall–Kier alpha value is -0.560. The van der Waals surface area contributed by atoms with Gasteiger partial charge in [-0.1, -0.05) is 84.1 Å². The summed E-state index contributed by atoms with van der Waals surface area (Å²) >= 11 is 0. The van der Waals surface area contributed by atoms with Crippen molar-refractivity contribution in [1.29, 1.82) is 0 Å². The standard InChI is InChI=1S/C28H46O/c1-18(2)8-7-9-19(3)22-12-13-24-21-10-11-23-20(4)26(29)15-17-28(23,6)25(21)14-16-27(22,24)5/h10-11,18-20,22,24-26,29H,7-9,12-17H2,1-6H3/t19-,20+,22-,24+,25+,26+,27-,28+/m1/s1. The smallest absolute Gasteiger partial charge is 0.0603 e. The van der Waals surface area contributed by atoms with Gasteiger partial charge in [0, 0.05) is 5.92 Å². The van der Waals surface area contributed by atoms with Crippen molar-refractivity contribution in [3.8, 4) is 0 Å². The van der Waals surface area contributed by atoms with Gasteiger partial charge in [-0.25, -0.2) is 0 Å². The number of hydrogen-bond donors (Lipinski definition) is 1. The maximum atomic E-state index is 10.5. The highest BCUT2D eigenvalue weighted by molar-refractivity contribution is 5.39. The Morgan fingerprint density at radius 2 is 1.72 bits per heavy atom. The molecule has 0 aromatic rings. The first-order chi connectivity index (χ1) is 13.7. The monoisotopic (exact) mass is 398 g/mol. The van der Waals surface area contributed by atoms with Crippen LogP contribution in [-0.2, 0) is 0 Å². The third-order valence-electron chi connectivity index (χ3n) is 10.2. The number of hydrogen-bond acceptors (Lipinski definition) is 1. The predicted octanol–water partition coefficient (Wildman–Crippen LogP) is 7.55. The van der Waals surface area contributed by atoms with Crippen LogP contribution in [0.3, 0.4) is 0 Å². The fraction of sp³-hybridized carbons (Fsp3) is 0.857. The molecule has 1 heteroatoms. The lowest BCUT2D eigenvalue weighted by atomic mass is 9.49. The van der Waals surface area contributed by atoms with Crippen molar-refractivity contribution in [3.63, 3.8) is 0 Å². The van der Waals surface area contributed by atoms with E-state index in [9.17, 15) is 5.11 Å². The van der Waals surface area contributed by atoms with Crippen LogP contribution in [0, 0.1) is 46.3 Å². The summed E-state index contributed by atoms with van der Waals surface area (Å²) in [6, 6.07) is 0. The van der Waals surface area contributed by atoms with E-state index >= 15 is 0 Å². The number of aliphatic hydroxyl groups excluding tert-OH is 1. The molecule has 3 saturated carbocycles. The van der Waals surface area contributed by atoms with Crippen LogP contribution in [0.25, 0.3) is 0 Å². The van der Waals surface area contributed by atoms with Crippen LogP contribution in [0.1, 0.15) is 99.3 Å². The van der Waals surface area contributed by atoms with Gasteiger partial charge in [0.1, 0.15) is 0 Å². The number of fused-ring (bicyclic) bond motifs is 5. The van der Waals surface area contributed by atoms with Gasteiger partial charge in [-0.05, 0) is 78.9 Å². The summed E-state index contributed by atoms with van der Waals surface area (Å²) in [7, 11) is 0. The van der Waals surface area contributed by atoms with Gasteiger partial charge in [0.25, 0.3) is 0 Å². The van der Waals surface area contributed by atoms with Crippen molar-refractivity contribution in [3.05, 3.63) is 23.3 Å². The molecule has 4 rings (SSSR count). The molecule has 29 heavy (non-hydrogen) atoms. The number of allylic oxidation sites excluding steroid dienone is 3. The lowest BCUT2D eigenvalue weighted by Gasteiger charge is -2.56. The molecule has 3 fully saturated rings. The lowest BCUT2D eigenvalue weighted by molar-refractivity contribution is 0.0159. The molecule has 1 nitrogen and oxygen atoms in total. The lowest BCUT2D eigenvalue weighted by Crippen LogP contribution is -2.48. The zero-order chi connectivity index (χ0) is 21.0. The molecule has 0 heterocycles. The summed E-state index contributed by atoms with van der Waals surface area (Å²) < 4.78 is 0. The van der Waals surface area contributed by atoms with Gasteiger partial charge in [0.05, 0.1) is 6.10 Å². The first-order valence-corrected chi connectivity index (χ1v) is 12.8. The van der Waals surface area contributed by atoms with Crippen LogP contribution in [0.2, 0.25) is 0 Å². The minimum absolute atomic E-state index is 0.138. The van der Waals surface area contributed by atoms with E-state index in [1.165, 1.54) is 51.4 Å². The van der Waals surface area contributed by atoms with E-state index in [1.807, 2.05) is 0 Å². The molecule has 4 aliphatic carbocycles. The Balaban J connectivity index is 1.55. The van der Waals surface area contributed by atoms with Crippen molar-refractivity contribution in [2.24, 2.45) is 46.3 Å². The normalized spacial score (nSPS) is 45.2. The highest BCUT2D eigenvalue weighted by Crippen LogP contribution is 2.66. The van der Waals surface area contributed by atoms with Gasteiger partial charge in [-0.2, -0.15) is 0 Å². The molecule has 4 aliphatic rings. The molecular formula is C28H46O. The van der Waals surface area contributed by atoms with Crippen LogP contribution in [0.4, 0.5) is 0 Å². The van der Waals surface area contributed by atoms with Gasteiger partial charge in [-0.3, -0.25) is 0 Å². The van der Waals surface area contributed by atoms with Crippen LogP contribution in [0.15, 0.2) is 23.3 Å². The molecule has 0 saturated heterocycles. The summed E-state index contributed by atoms with van der Waals surface area (Å²) in [5.74, 6) is 4.48. The average Bonchev–Trinajstić information content (AvgIpc) is 3.02. The van der Waals surface area contributed by atoms with Gasteiger partial charge < -0.3 is 5.11 Å². The van der Waals surface area contributed by atoms with Crippen LogP contribution >= 0.6 is 0 Å². The van der Waals surface area contributed by atoms with Crippen molar-refractivity contribution in [2.45, 2.75) is 105 Å². The number of aliphatic hydroxyl groups is 1. The molecular weight excluding hydrogens is 352 g/mol. The van der Waals surface area contributed by atoms with Gasteiger partial charge in [0.2, 0.25) is 0 Å². The Kier molecular flexibility index (Phi) is 5.86. The van der Waals surface area contributed by atoms with Crippen molar-refractivity contribution < 1.29 is 5.11 Å². The Bertz CT molecular complexity index is 672. The first kappa shape index (κ1) is 21.7. The highest BCUT2D eigenvalue weighted by atomic mass is 16.3. The summed E-state index contributed by atoms with van der Waals surface area (Å²) in [4.78, 5) is 0. The zero-order valence-corrected chi connectivity index (χ0v) is 20.0. The zero-order valence-electron chi connectivity index (χ0n) is 20.0. The Morgan fingerprint density at radius 3 is 2.45 bits per heavy atom. The van der Waals surface area contributed by atoms with Gasteiger partial charge >= 0.3 is 0 Å². The molecule has 0 radical (unpaired) electrons. The Morgan fingerprint density at radius 1 is 0.966 bits per heavy atom. The van der Waals surface area contributed by atoms with E-state index in [2.05, 4.69) is 53.7 Å². The summed E-state index contributed by atoms with van der Waals surface area (Å²) in [5.41, 5.74) is 4.15. The largest absolute Gasteiger partial charge is 0.393 e. The van der Waals surface area contributed by atoms with E-state index in [4.69, 9.17) is 0 Å². The highest BCUT2D eigenvalue weighted by Gasteiger charge is 2.57. The van der Waals surface area contributed by atoms with E-state index in [0.29, 0.717) is 16.7 Å². The fourth-order valence-electron chi connectivity index (χ4n) is 8.41. The van der Waals surface area contributed by atoms with E-state index in [1.54, 1.807) is 11.1 Å². The molecule has 0 bridgehead atoms. The molecule has 164 valence electrons. The van der Waals surface area contributed by atoms with Gasteiger partial charge in [-0.15, -0.1) is 0 Å². The van der Waals surface area contributed by atoms with Crippen molar-refractivity contribution >= 4 is 0 Å². The van der Waals surface area contributed by atoms with E-state index in [-0.39, 0.29) is 6.10 Å². The minimum Gasteiger partial charge on any atom is -0.393 e. The molecule has 0 aromatic carbocycles. The van der Waals surface area contributed by atoms with Crippen molar-refractivity contribution in [2.75, 3.05) is 0 Å². The minimum atomic E-state index is -0.138. The molecule has 0 unspecified atom stereocenters. The number of rotatable bonds is 5. The summed E-state index contributed by atoms with van der Waals surface area (Å²) in [6.45, 7) is 14.7. The molecule has 0 amide bonds. The van der Waals surface area contributed by atoms with E-state index in [0.717, 1.165) is 36.0 Å². The van der Waals surface area contributed by atoms with Crippen molar-refractivity contribution in [1.82, 2.24) is 0 Å². The SMILES string of the molecule is CC(C)CCC[C@@H](C)[C@H]1CC[C@H]2C3=CC=C4[C@H](C)[C@@H](O)CC[C@]4(C)[C@H]3CC[C@]12C. The molecule has 0 aromatic heterocycles.